The van der Waals surface area contributed by atoms with Crippen molar-refractivity contribution < 1.29 is 4.39 Å². The molecule has 0 saturated carbocycles. The van der Waals surface area contributed by atoms with E-state index in [1.165, 1.54) is 6.07 Å². The van der Waals surface area contributed by atoms with Crippen molar-refractivity contribution in [3.8, 4) is 0 Å². The Morgan fingerprint density at radius 1 is 1.31 bits per heavy atom. The first-order valence-electron chi connectivity index (χ1n) is 4.90. The third-order valence-corrected chi connectivity index (χ3v) is 3.00. The van der Waals surface area contributed by atoms with Gasteiger partial charge in [-0.05, 0) is 40.4 Å². The Bertz CT molecular complexity index is 496. The molecule has 1 heterocycles. The van der Waals surface area contributed by atoms with Crippen molar-refractivity contribution in [3.05, 3.63) is 45.9 Å². The average molecular weight is 284 g/mol. The second kappa shape index (κ2) is 4.65. The fourth-order valence-electron chi connectivity index (χ4n) is 1.53. The first-order chi connectivity index (χ1) is 7.66. The highest BCUT2D eigenvalue weighted by Crippen LogP contribution is 2.17. The van der Waals surface area contributed by atoms with Crippen molar-refractivity contribution in [1.29, 1.82) is 0 Å². The van der Waals surface area contributed by atoms with Crippen LogP contribution in [0.3, 0.4) is 0 Å². The number of aromatic nitrogens is 2. The van der Waals surface area contributed by atoms with Crippen LogP contribution in [-0.2, 0) is 12.8 Å². The Morgan fingerprint density at radius 3 is 2.69 bits per heavy atom. The molecule has 0 aliphatic rings. The molecule has 3 N–H and O–H groups in total. The molecule has 0 unspecified atom stereocenters. The average Bonchev–Trinajstić information content (AvgIpc) is 2.56. The van der Waals surface area contributed by atoms with Gasteiger partial charge in [-0.25, -0.2) is 9.37 Å². The second-order valence-corrected chi connectivity index (χ2v) is 4.23. The molecule has 0 radical (unpaired) electrons. The SMILES string of the molecule is Nc1nc(Br)c(CCc2ccccc2F)[nH]1. The largest absolute Gasteiger partial charge is 0.369 e. The number of halogens is 2. The summed E-state index contributed by atoms with van der Waals surface area (Å²) >= 11 is 3.29. The fraction of sp³-hybridized carbons (Fsp3) is 0.182. The molecule has 3 nitrogen and oxygen atoms in total. The highest BCUT2D eigenvalue weighted by Gasteiger charge is 2.07. The summed E-state index contributed by atoms with van der Waals surface area (Å²) in [6.45, 7) is 0. The van der Waals surface area contributed by atoms with E-state index in [0.29, 0.717) is 29.0 Å². The summed E-state index contributed by atoms with van der Waals surface area (Å²) < 4.78 is 14.0. The third kappa shape index (κ3) is 2.41. The van der Waals surface area contributed by atoms with E-state index < -0.39 is 0 Å². The Morgan fingerprint density at radius 2 is 2.06 bits per heavy atom. The molecule has 0 fully saturated rings. The van der Waals surface area contributed by atoms with Gasteiger partial charge in [0, 0.05) is 0 Å². The van der Waals surface area contributed by atoms with E-state index in [2.05, 4.69) is 25.9 Å². The molecule has 0 aliphatic carbocycles. The quantitative estimate of drug-likeness (QED) is 0.910. The Kier molecular flexibility index (Phi) is 3.24. The van der Waals surface area contributed by atoms with Crippen molar-refractivity contribution >= 4 is 21.9 Å². The molecule has 0 saturated heterocycles. The number of nitrogens with zero attached hydrogens (tertiary/aromatic N) is 1. The highest BCUT2D eigenvalue weighted by molar-refractivity contribution is 9.10. The van der Waals surface area contributed by atoms with Crippen LogP contribution in [-0.4, -0.2) is 9.97 Å². The predicted octanol–water partition coefficient (Wildman–Crippen LogP) is 2.68. The van der Waals surface area contributed by atoms with E-state index in [4.69, 9.17) is 5.73 Å². The van der Waals surface area contributed by atoms with Crippen LogP contribution in [0.25, 0.3) is 0 Å². The van der Waals surface area contributed by atoms with E-state index in [1.54, 1.807) is 12.1 Å². The molecule has 0 bridgehead atoms. The highest BCUT2D eigenvalue weighted by atomic mass is 79.9. The van der Waals surface area contributed by atoms with Crippen LogP contribution in [0.1, 0.15) is 11.3 Å². The zero-order valence-corrected chi connectivity index (χ0v) is 10.1. The molecule has 0 amide bonds. The molecule has 16 heavy (non-hydrogen) atoms. The maximum Gasteiger partial charge on any atom is 0.198 e. The van der Waals surface area contributed by atoms with Crippen molar-refractivity contribution in [2.24, 2.45) is 0 Å². The lowest BCUT2D eigenvalue weighted by molar-refractivity contribution is 0.608. The van der Waals surface area contributed by atoms with Gasteiger partial charge in [0.05, 0.1) is 5.69 Å². The van der Waals surface area contributed by atoms with Crippen LogP contribution in [0.5, 0.6) is 0 Å². The molecule has 0 atom stereocenters. The summed E-state index contributed by atoms with van der Waals surface area (Å²) in [6.07, 6.45) is 1.29. The van der Waals surface area contributed by atoms with Gasteiger partial charge in [-0.15, -0.1) is 0 Å². The molecule has 1 aromatic carbocycles. The number of nitrogen functional groups attached to an aromatic ring is 1. The lowest BCUT2D eigenvalue weighted by Crippen LogP contribution is -1.95. The molecule has 84 valence electrons. The van der Waals surface area contributed by atoms with Crippen LogP contribution in [0.4, 0.5) is 10.3 Å². The monoisotopic (exact) mass is 283 g/mol. The Labute approximate surface area is 101 Å². The van der Waals surface area contributed by atoms with Gasteiger partial charge in [-0.3, -0.25) is 0 Å². The van der Waals surface area contributed by atoms with E-state index in [1.807, 2.05) is 6.07 Å². The first kappa shape index (κ1) is 11.1. The van der Waals surface area contributed by atoms with E-state index >= 15 is 0 Å². The standard InChI is InChI=1S/C11H11BrFN3/c12-10-9(15-11(14)16-10)6-5-7-3-1-2-4-8(7)13/h1-4H,5-6H2,(H3,14,15,16). The van der Waals surface area contributed by atoms with Crippen molar-refractivity contribution in [2.45, 2.75) is 12.8 Å². The fourth-order valence-corrected chi connectivity index (χ4v) is 2.02. The van der Waals surface area contributed by atoms with Gasteiger partial charge in [-0.2, -0.15) is 0 Å². The number of anilines is 1. The summed E-state index contributed by atoms with van der Waals surface area (Å²) in [7, 11) is 0. The number of hydrogen-bond donors (Lipinski definition) is 2. The van der Waals surface area contributed by atoms with E-state index in [9.17, 15) is 4.39 Å². The summed E-state index contributed by atoms with van der Waals surface area (Å²) in [4.78, 5) is 6.92. The van der Waals surface area contributed by atoms with Gasteiger partial charge >= 0.3 is 0 Å². The van der Waals surface area contributed by atoms with Gasteiger partial charge in [-0.1, -0.05) is 18.2 Å². The summed E-state index contributed by atoms with van der Waals surface area (Å²) in [5.41, 5.74) is 7.09. The van der Waals surface area contributed by atoms with Crippen molar-refractivity contribution in [1.82, 2.24) is 9.97 Å². The molecular weight excluding hydrogens is 273 g/mol. The van der Waals surface area contributed by atoms with Crippen LogP contribution in [0, 0.1) is 5.82 Å². The van der Waals surface area contributed by atoms with Crippen LogP contribution >= 0.6 is 15.9 Å². The minimum absolute atomic E-state index is 0.175. The summed E-state index contributed by atoms with van der Waals surface area (Å²) in [5.74, 6) is 0.196. The number of benzene rings is 1. The molecule has 5 heteroatoms. The number of aromatic amines is 1. The lowest BCUT2D eigenvalue weighted by Gasteiger charge is -2.01. The summed E-state index contributed by atoms with van der Waals surface area (Å²) in [6, 6.07) is 6.76. The molecule has 2 aromatic rings. The normalized spacial score (nSPS) is 10.6. The zero-order valence-electron chi connectivity index (χ0n) is 8.50. The number of H-pyrrole nitrogens is 1. The van der Waals surface area contributed by atoms with Crippen molar-refractivity contribution in [2.75, 3.05) is 5.73 Å². The number of hydrogen-bond acceptors (Lipinski definition) is 2. The number of nitrogens with two attached hydrogens (primary N) is 1. The smallest absolute Gasteiger partial charge is 0.198 e. The van der Waals surface area contributed by atoms with Gasteiger partial charge in [0.1, 0.15) is 10.4 Å². The first-order valence-corrected chi connectivity index (χ1v) is 5.69. The zero-order chi connectivity index (χ0) is 11.5. The number of rotatable bonds is 3. The van der Waals surface area contributed by atoms with Crippen LogP contribution < -0.4 is 5.73 Å². The minimum atomic E-state index is -0.175. The second-order valence-electron chi connectivity index (χ2n) is 3.48. The summed E-state index contributed by atoms with van der Waals surface area (Å²) in [5, 5.41) is 0. The minimum Gasteiger partial charge on any atom is -0.369 e. The van der Waals surface area contributed by atoms with Crippen molar-refractivity contribution in [3.63, 3.8) is 0 Å². The molecular formula is C11H11BrFN3. The molecule has 0 aliphatic heterocycles. The van der Waals surface area contributed by atoms with Gasteiger partial charge < -0.3 is 10.7 Å². The van der Waals surface area contributed by atoms with E-state index in [0.717, 1.165) is 5.69 Å². The Balaban J connectivity index is 2.08. The Hall–Kier alpha value is -1.36. The van der Waals surface area contributed by atoms with Crippen LogP contribution in [0.15, 0.2) is 28.9 Å². The van der Waals surface area contributed by atoms with Crippen LogP contribution in [0.2, 0.25) is 0 Å². The lowest BCUT2D eigenvalue weighted by atomic mass is 10.1. The maximum atomic E-state index is 13.3. The molecule has 2 rings (SSSR count). The molecule has 0 spiro atoms. The van der Waals surface area contributed by atoms with Gasteiger partial charge in [0.25, 0.3) is 0 Å². The predicted molar refractivity (Wildman–Crippen MR) is 64.5 cm³/mol. The number of nitrogens with one attached hydrogen (secondary N) is 1. The number of imidazole rings is 1. The number of aryl methyl sites for hydroxylation is 2. The van der Waals surface area contributed by atoms with Gasteiger partial charge in [0.15, 0.2) is 5.95 Å². The maximum absolute atomic E-state index is 13.3. The molecule has 1 aromatic heterocycles. The van der Waals surface area contributed by atoms with Gasteiger partial charge in [0.2, 0.25) is 0 Å². The topological polar surface area (TPSA) is 54.7 Å². The third-order valence-electron chi connectivity index (χ3n) is 2.35. The van der Waals surface area contributed by atoms with E-state index in [-0.39, 0.29) is 5.82 Å².